The lowest BCUT2D eigenvalue weighted by atomic mass is 9.77. The zero-order valence-electron chi connectivity index (χ0n) is 11.2. The fourth-order valence-corrected chi connectivity index (χ4v) is 3.91. The molecule has 5 heteroatoms. The topological polar surface area (TPSA) is 38.3 Å². The highest BCUT2D eigenvalue weighted by atomic mass is 35.5. The lowest BCUT2D eigenvalue weighted by Crippen LogP contribution is -2.48. The van der Waals surface area contributed by atoms with Gasteiger partial charge in [0, 0.05) is 18.0 Å². The Balaban J connectivity index is 1.96. The minimum Gasteiger partial charge on any atom is -0.469 e. The van der Waals surface area contributed by atoms with Crippen LogP contribution in [0.1, 0.15) is 30.7 Å². The minimum absolute atomic E-state index is 0.140. The molecule has 2 aliphatic heterocycles. The van der Waals surface area contributed by atoms with Gasteiger partial charge in [-0.05, 0) is 37.0 Å². The van der Waals surface area contributed by atoms with Crippen LogP contribution in [0.25, 0.3) is 0 Å². The number of benzene rings is 1. The van der Waals surface area contributed by atoms with Crippen molar-refractivity contribution in [3.8, 4) is 0 Å². The summed E-state index contributed by atoms with van der Waals surface area (Å²) in [6, 6.07) is 6.35. The molecule has 2 saturated heterocycles. The number of methoxy groups -OCH3 is 1. The molecule has 108 valence electrons. The largest absolute Gasteiger partial charge is 0.469 e. The molecule has 0 saturated carbocycles. The summed E-state index contributed by atoms with van der Waals surface area (Å²) >= 11 is 12.1. The van der Waals surface area contributed by atoms with Crippen LogP contribution in [0.2, 0.25) is 10.0 Å². The monoisotopic (exact) mass is 313 g/mol. The van der Waals surface area contributed by atoms with Crippen molar-refractivity contribution in [1.29, 1.82) is 0 Å². The Kier molecular flexibility index (Phi) is 3.93. The van der Waals surface area contributed by atoms with E-state index in [-0.39, 0.29) is 23.8 Å². The zero-order chi connectivity index (χ0) is 14.3. The smallest absolute Gasteiger partial charge is 0.310 e. The standard InChI is InChI=1S/C15H17Cl2NO2/c1-20-15(19)14-10(7-9-3-5-13(14)18-9)8-2-4-11(16)12(17)6-8/h2,4,6,9-10,13-14,18H,3,5,7H2,1H3/t9?,10?,13-,14?/m1/s1. The number of ether oxygens (including phenoxy) is 1. The summed E-state index contributed by atoms with van der Waals surface area (Å²) < 4.78 is 5.01. The van der Waals surface area contributed by atoms with E-state index in [2.05, 4.69) is 5.32 Å². The van der Waals surface area contributed by atoms with Crippen LogP contribution in [0.15, 0.2) is 18.2 Å². The number of halogens is 2. The van der Waals surface area contributed by atoms with Crippen LogP contribution >= 0.6 is 23.2 Å². The molecule has 2 bridgehead atoms. The molecule has 0 aromatic heterocycles. The molecule has 3 rings (SSSR count). The van der Waals surface area contributed by atoms with Gasteiger partial charge >= 0.3 is 5.97 Å². The molecule has 0 spiro atoms. The van der Waals surface area contributed by atoms with Gasteiger partial charge in [0.1, 0.15) is 0 Å². The second-order valence-electron chi connectivity index (χ2n) is 5.61. The van der Waals surface area contributed by atoms with Crippen molar-refractivity contribution in [3.05, 3.63) is 33.8 Å². The van der Waals surface area contributed by atoms with E-state index < -0.39 is 0 Å². The summed E-state index contributed by atoms with van der Waals surface area (Å²) in [4.78, 5) is 12.2. The summed E-state index contributed by atoms with van der Waals surface area (Å²) in [5.41, 5.74) is 1.08. The zero-order valence-corrected chi connectivity index (χ0v) is 12.7. The molecule has 1 aromatic rings. The molecule has 20 heavy (non-hydrogen) atoms. The van der Waals surface area contributed by atoms with E-state index in [0.717, 1.165) is 24.8 Å². The Morgan fingerprint density at radius 1 is 1.30 bits per heavy atom. The molecule has 0 amide bonds. The average molecular weight is 314 g/mol. The maximum Gasteiger partial charge on any atom is 0.310 e. The van der Waals surface area contributed by atoms with Crippen molar-refractivity contribution < 1.29 is 9.53 Å². The van der Waals surface area contributed by atoms with E-state index in [1.165, 1.54) is 7.11 Å². The van der Waals surface area contributed by atoms with Crippen LogP contribution in [-0.4, -0.2) is 25.2 Å². The van der Waals surface area contributed by atoms with Crippen LogP contribution in [-0.2, 0) is 9.53 Å². The third-order valence-corrected chi connectivity index (χ3v) is 5.27. The van der Waals surface area contributed by atoms with Gasteiger partial charge in [0.05, 0.1) is 23.1 Å². The van der Waals surface area contributed by atoms with Crippen LogP contribution < -0.4 is 5.32 Å². The molecular formula is C15H17Cl2NO2. The van der Waals surface area contributed by atoms with Gasteiger partial charge in [-0.25, -0.2) is 0 Å². The first-order valence-corrected chi connectivity index (χ1v) is 7.64. The van der Waals surface area contributed by atoms with E-state index >= 15 is 0 Å². The van der Waals surface area contributed by atoms with Crippen molar-refractivity contribution in [1.82, 2.24) is 5.32 Å². The Morgan fingerprint density at radius 2 is 2.10 bits per heavy atom. The first-order valence-electron chi connectivity index (χ1n) is 6.89. The maximum atomic E-state index is 12.2. The van der Waals surface area contributed by atoms with Gasteiger partial charge < -0.3 is 10.1 Å². The van der Waals surface area contributed by atoms with Gasteiger partial charge in [0.25, 0.3) is 0 Å². The molecule has 3 unspecified atom stereocenters. The van der Waals surface area contributed by atoms with E-state index in [4.69, 9.17) is 27.9 Å². The van der Waals surface area contributed by atoms with E-state index in [9.17, 15) is 4.79 Å². The molecule has 2 heterocycles. The lowest BCUT2D eigenvalue weighted by Gasteiger charge is -2.36. The molecular weight excluding hydrogens is 297 g/mol. The Labute approximate surface area is 128 Å². The number of hydrogen-bond acceptors (Lipinski definition) is 3. The fourth-order valence-electron chi connectivity index (χ4n) is 3.60. The second-order valence-corrected chi connectivity index (χ2v) is 6.43. The summed E-state index contributed by atoms with van der Waals surface area (Å²) in [5, 5.41) is 4.61. The van der Waals surface area contributed by atoms with Crippen molar-refractivity contribution in [2.75, 3.05) is 7.11 Å². The Bertz CT molecular complexity index is 535. The number of hydrogen-bond donors (Lipinski definition) is 1. The Hall–Kier alpha value is -0.770. The minimum atomic E-state index is -0.143. The highest BCUT2D eigenvalue weighted by molar-refractivity contribution is 6.42. The first-order chi connectivity index (χ1) is 9.60. The predicted molar refractivity (Wildman–Crippen MR) is 79.3 cm³/mol. The summed E-state index contributed by atoms with van der Waals surface area (Å²) in [7, 11) is 1.45. The fraction of sp³-hybridized carbons (Fsp3) is 0.533. The molecule has 2 aliphatic rings. The van der Waals surface area contributed by atoms with Gasteiger partial charge in [0.15, 0.2) is 0 Å². The van der Waals surface area contributed by atoms with Crippen molar-refractivity contribution >= 4 is 29.2 Å². The normalized spacial score (nSPS) is 32.1. The number of fused-ring (bicyclic) bond motifs is 2. The van der Waals surface area contributed by atoms with Crippen molar-refractivity contribution in [2.24, 2.45) is 5.92 Å². The number of nitrogens with one attached hydrogen (secondary N) is 1. The average Bonchev–Trinajstić information content (AvgIpc) is 2.82. The number of piperidine rings is 1. The summed E-state index contributed by atoms with van der Waals surface area (Å²) in [6.07, 6.45) is 3.09. The van der Waals surface area contributed by atoms with Gasteiger partial charge in [-0.3, -0.25) is 4.79 Å². The molecule has 4 atom stereocenters. The highest BCUT2D eigenvalue weighted by Gasteiger charge is 2.46. The number of esters is 1. The second kappa shape index (κ2) is 5.55. The third-order valence-electron chi connectivity index (χ3n) is 4.53. The SMILES string of the molecule is COC(=O)C1C(c2ccc(Cl)c(Cl)c2)CC2CC[C@H]1N2. The molecule has 2 fully saturated rings. The highest BCUT2D eigenvalue weighted by Crippen LogP contribution is 2.43. The van der Waals surface area contributed by atoms with E-state index in [0.29, 0.717) is 16.1 Å². The van der Waals surface area contributed by atoms with Crippen LogP contribution in [0.5, 0.6) is 0 Å². The quantitative estimate of drug-likeness (QED) is 0.851. The van der Waals surface area contributed by atoms with Gasteiger partial charge in [0.2, 0.25) is 0 Å². The molecule has 3 nitrogen and oxygen atoms in total. The van der Waals surface area contributed by atoms with E-state index in [1.807, 2.05) is 12.1 Å². The maximum absolute atomic E-state index is 12.2. The van der Waals surface area contributed by atoms with Gasteiger partial charge in [-0.2, -0.15) is 0 Å². The van der Waals surface area contributed by atoms with Crippen LogP contribution in [0.4, 0.5) is 0 Å². The summed E-state index contributed by atoms with van der Waals surface area (Å²) in [6.45, 7) is 0. The third kappa shape index (κ3) is 2.43. The van der Waals surface area contributed by atoms with Crippen LogP contribution in [0.3, 0.4) is 0 Å². The first kappa shape index (κ1) is 14.2. The van der Waals surface area contributed by atoms with Gasteiger partial charge in [-0.15, -0.1) is 0 Å². The van der Waals surface area contributed by atoms with Gasteiger partial charge in [-0.1, -0.05) is 29.3 Å². The van der Waals surface area contributed by atoms with Crippen LogP contribution in [0, 0.1) is 5.92 Å². The number of rotatable bonds is 2. The van der Waals surface area contributed by atoms with E-state index in [1.54, 1.807) is 6.07 Å². The molecule has 1 N–H and O–H groups in total. The predicted octanol–water partition coefficient (Wildman–Crippen LogP) is 3.39. The number of carbonyl (C=O) groups excluding carboxylic acids is 1. The van der Waals surface area contributed by atoms with Crippen molar-refractivity contribution in [2.45, 2.75) is 37.3 Å². The molecule has 0 radical (unpaired) electrons. The number of carbonyl (C=O) groups is 1. The molecule has 1 aromatic carbocycles. The summed E-state index contributed by atoms with van der Waals surface area (Å²) in [5.74, 6) is -0.133. The van der Waals surface area contributed by atoms with Crippen molar-refractivity contribution in [3.63, 3.8) is 0 Å². The lowest BCUT2D eigenvalue weighted by molar-refractivity contribution is -0.148. The molecule has 0 aliphatic carbocycles. The Morgan fingerprint density at radius 3 is 2.80 bits per heavy atom.